The van der Waals surface area contributed by atoms with Gasteiger partial charge in [-0.05, 0) is 25.3 Å². The fourth-order valence-corrected chi connectivity index (χ4v) is 2.68. The van der Waals surface area contributed by atoms with Crippen molar-refractivity contribution in [3.05, 3.63) is 54.0 Å². The Balaban J connectivity index is 1.52. The molecule has 2 aromatic rings. The van der Waals surface area contributed by atoms with Gasteiger partial charge in [0.25, 0.3) is 0 Å². The van der Waals surface area contributed by atoms with Crippen LogP contribution >= 0.6 is 0 Å². The number of nitrogens with zero attached hydrogens (tertiary/aromatic N) is 3. The van der Waals surface area contributed by atoms with Crippen molar-refractivity contribution in [1.82, 2.24) is 14.9 Å². The molecule has 126 valence electrons. The molecule has 0 radical (unpaired) electrons. The molecule has 1 fully saturated rings. The molecular formula is C18H21N3O3. The molecule has 1 saturated heterocycles. The second-order valence-electron chi connectivity index (χ2n) is 5.81. The maximum absolute atomic E-state index is 12.2. The monoisotopic (exact) mass is 327 g/mol. The van der Waals surface area contributed by atoms with Crippen molar-refractivity contribution in [3.8, 4) is 5.88 Å². The molecule has 0 spiro atoms. The fraction of sp³-hybridized carbons (Fsp3) is 0.389. The van der Waals surface area contributed by atoms with Gasteiger partial charge >= 0.3 is 6.09 Å². The minimum atomic E-state index is -0.300. The molecule has 0 aliphatic carbocycles. The van der Waals surface area contributed by atoms with Crippen LogP contribution in [0.25, 0.3) is 0 Å². The highest BCUT2D eigenvalue weighted by Gasteiger charge is 2.26. The number of hydrogen-bond acceptors (Lipinski definition) is 5. The predicted molar refractivity (Wildman–Crippen MR) is 88.6 cm³/mol. The lowest BCUT2D eigenvalue weighted by molar-refractivity contribution is 0.0535. The van der Waals surface area contributed by atoms with Gasteiger partial charge in [-0.3, -0.25) is 0 Å². The Morgan fingerprint density at radius 3 is 2.92 bits per heavy atom. The van der Waals surface area contributed by atoms with Crippen LogP contribution in [0.3, 0.4) is 0 Å². The molecule has 1 aromatic carbocycles. The van der Waals surface area contributed by atoms with E-state index in [0.717, 1.165) is 18.4 Å². The molecule has 1 aliphatic rings. The van der Waals surface area contributed by atoms with Crippen LogP contribution in [-0.4, -0.2) is 40.2 Å². The van der Waals surface area contributed by atoms with Crippen LogP contribution in [0.2, 0.25) is 0 Å². The smallest absolute Gasteiger partial charge is 0.410 e. The van der Waals surface area contributed by atoms with Crippen LogP contribution < -0.4 is 4.74 Å². The van der Waals surface area contributed by atoms with Crippen LogP contribution in [0.5, 0.6) is 5.88 Å². The first-order chi connectivity index (χ1) is 11.7. The Kier molecular flexibility index (Phi) is 5.25. The fourth-order valence-electron chi connectivity index (χ4n) is 2.68. The maximum atomic E-state index is 12.2. The number of rotatable bonds is 4. The summed E-state index contributed by atoms with van der Waals surface area (Å²) in [6.07, 6.45) is 3.08. The zero-order valence-corrected chi connectivity index (χ0v) is 13.7. The number of amides is 1. The van der Waals surface area contributed by atoms with Crippen molar-refractivity contribution >= 4 is 6.09 Å². The van der Waals surface area contributed by atoms with E-state index in [2.05, 4.69) is 9.97 Å². The van der Waals surface area contributed by atoms with E-state index < -0.39 is 0 Å². The van der Waals surface area contributed by atoms with Gasteiger partial charge in [0.05, 0.1) is 6.54 Å². The Morgan fingerprint density at radius 2 is 2.12 bits per heavy atom. The second kappa shape index (κ2) is 7.77. The first-order valence-corrected chi connectivity index (χ1v) is 8.12. The molecule has 0 bridgehead atoms. The van der Waals surface area contributed by atoms with Gasteiger partial charge in [0.2, 0.25) is 5.88 Å². The van der Waals surface area contributed by atoms with E-state index in [4.69, 9.17) is 9.47 Å². The lowest BCUT2D eigenvalue weighted by Gasteiger charge is -2.31. The van der Waals surface area contributed by atoms with E-state index in [-0.39, 0.29) is 18.8 Å². The van der Waals surface area contributed by atoms with Crippen LogP contribution in [0.15, 0.2) is 42.6 Å². The maximum Gasteiger partial charge on any atom is 0.410 e. The van der Waals surface area contributed by atoms with E-state index >= 15 is 0 Å². The van der Waals surface area contributed by atoms with Gasteiger partial charge in [-0.15, -0.1) is 0 Å². The summed E-state index contributed by atoms with van der Waals surface area (Å²) >= 11 is 0. The molecular weight excluding hydrogens is 306 g/mol. The SMILES string of the molecule is Cc1nccc(O[C@H]2CCCN(C(=O)OCc3ccccc3)C2)n1. The van der Waals surface area contributed by atoms with Crippen molar-refractivity contribution in [2.75, 3.05) is 13.1 Å². The Morgan fingerprint density at radius 1 is 1.29 bits per heavy atom. The first kappa shape index (κ1) is 16.2. The summed E-state index contributed by atoms with van der Waals surface area (Å²) in [5, 5.41) is 0. The summed E-state index contributed by atoms with van der Waals surface area (Å²) in [7, 11) is 0. The zero-order valence-electron chi connectivity index (χ0n) is 13.7. The predicted octanol–water partition coefficient (Wildman–Crippen LogP) is 2.97. The van der Waals surface area contributed by atoms with Gasteiger partial charge in [0, 0.05) is 18.8 Å². The average molecular weight is 327 g/mol. The van der Waals surface area contributed by atoms with Crippen molar-refractivity contribution in [3.63, 3.8) is 0 Å². The molecule has 1 atom stereocenters. The van der Waals surface area contributed by atoms with Crippen LogP contribution in [-0.2, 0) is 11.3 Å². The number of hydrogen-bond donors (Lipinski definition) is 0. The van der Waals surface area contributed by atoms with E-state index in [0.29, 0.717) is 24.8 Å². The molecule has 1 amide bonds. The third-order valence-electron chi connectivity index (χ3n) is 3.88. The van der Waals surface area contributed by atoms with E-state index in [9.17, 15) is 4.79 Å². The van der Waals surface area contributed by atoms with E-state index in [1.165, 1.54) is 0 Å². The van der Waals surface area contributed by atoms with Crippen LogP contribution in [0.4, 0.5) is 4.79 Å². The third-order valence-corrected chi connectivity index (χ3v) is 3.88. The van der Waals surface area contributed by atoms with Crippen LogP contribution in [0, 0.1) is 6.92 Å². The summed E-state index contributed by atoms with van der Waals surface area (Å²) in [6.45, 7) is 3.31. The second-order valence-corrected chi connectivity index (χ2v) is 5.81. The van der Waals surface area contributed by atoms with E-state index in [1.54, 1.807) is 17.2 Å². The molecule has 6 nitrogen and oxygen atoms in total. The number of carbonyl (C=O) groups excluding carboxylic acids is 1. The summed E-state index contributed by atoms with van der Waals surface area (Å²) in [4.78, 5) is 22.2. The van der Waals surface area contributed by atoms with Crippen molar-refractivity contribution in [2.45, 2.75) is 32.5 Å². The largest absolute Gasteiger partial charge is 0.472 e. The number of carbonyl (C=O) groups is 1. The molecule has 1 aliphatic heterocycles. The number of aryl methyl sites for hydroxylation is 1. The Labute approximate surface area is 141 Å². The molecule has 6 heteroatoms. The molecule has 0 N–H and O–H groups in total. The topological polar surface area (TPSA) is 64.5 Å². The standard InChI is InChI=1S/C18H21N3O3/c1-14-19-10-9-17(20-14)24-16-8-5-11-21(12-16)18(22)23-13-15-6-3-2-4-7-15/h2-4,6-7,9-10,16H,5,8,11-13H2,1H3/t16-/m0/s1. The van der Waals surface area contributed by atoms with E-state index in [1.807, 2.05) is 37.3 Å². The summed E-state index contributed by atoms with van der Waals surface area (Å²) in [6, 6.07) is 11.4. The zero-order chi connectivity index (χ0) is 16.8. The summed E-state index contributed by atoms with van der Waals surface area (Å²) < 4.78 is 11.3. The van der Waals surface area contributed by atoms with Gasteiger partial charge in [-0.2, -0.15) is 4.98 Å². The molecule has 0 saturated carbocycles. The Bertz CT molecular complexity index is 678. The first-order valence-electron chi connectivity index (χ1n) is 8.12. The highest BCUT2D eigenvalue weighted by atomic mass is 16.6. The molecule has 3 rings (SSSR count). The normalized spacial score (nSPS) is 17.4. The van der Waals surface area contributed by atoms with Gasteiger partial charge in [-0.25, -0.2) is 9.78 Å². The minimum absolute atomic E-state index is 0.0719. The number of aromatic nitrogens is 2. The summed E-state index contributed by atoms with van der Waals surface area (Å²) in [5.41, 5.74) is 0.979. The minimum Gasteiger partial charge on any atom is -0.472 e. The molecule has 2 heterocycles. The molecule has 1 aromatic heterocycles. The molecule has 24 heavy (non-hydrogen) atoms. The number of benzene rings is 1. The quantitative estimate of drug-likeness (QED) is 0.864. The lowest BCUT2D eigenvalue weighted by atomic mass is 10.1. The Hall–Kier alpha value is -2.63. The van der Waals surface area contributed by atoms with Gasteiger partial charge in [0.15, 0.2) is 0 Å². The van der Waals surface area contributed by atoms with Crippen LogP contribution in [0.1, 0.15) is 24.2 Å². The van der Waals surface area contributed by atoms with Gasteiger partial charge < -0.3 is 14.4 Å². The average Bonchev–Trinajstić information content (AvgIpc) is 2.61. The lowest BCUT2D eigenvalue weighted by Crippen LogP contribution is -2.44. The van der Waals surface area contributed by atoms with Gasteiger partial charge in [0.1, 0.15) is 18.5 Å². The number of ether oxygens (including phenoxy) is 2. The molecule has 0 unspecified atom stereocenters. The third kappa shape index (κ3) is 4.44. The number of likely N-dealkylation sites (tertiary alicyclic amines) is 1. The highest BCUT2D eigenvalue weighted by Crippen LogP contribution is 2.17. The van der Waals surface area contributed by atoms with Crippen molar-refractivity contribution < 1.29 is 14.3 Å². The van der Waals surface area contributed by atoms with Crippen molar-refractivity contribution in [1.29, 1.82) is 0 Å². The number of piperidine rings is 1. The highest BCUT2D eigenvalue weighted by molar-refractivity contribution is 5.67. The van der Waals surface area contributed by atoms with Crippen molar-refractivity contribution in [2.24, 2.45) is 0 Å². The summed E-state index contributed by atoms with van der Waals surface area (Å²) in [5.74, 6) is 1.22. The van der Waals surface area contributed by atoms with Gasteiger partial charge in [-0.1, -0.05) is 30.3 Å².